The quantitative estimate of drug-likeness (QED) is 0.356. The van der Waals surface area contributed by atoms with Gasteiger partial charge in [-0.05, 0) is 55.8 Å². The summed E-state index contributed by atoms with van der Waals surface area (Å²) in [5.41, 5.74) is 7.35. The summed E-state index contributed by atoms with van der Waals surface area (Å²) >= 11 is 1.41. The lowest BCUT2D eigenvalue weighted by Crippen LogP contribution is -1.90. The molecule has 9 heteroatoms. The van der Waals surface area contributed by atoms with Crippen LogP contribution in [0.2, 0.25) is 0 Å². The van der Waals surface area contributed by atoms with Crippen LogP contribution < -0.4 is 0 Å². The number of thiophene rings is 1. The number of aromatic amines is 2. The highest BCUT2D eigenvalue weighted by atomic mass is 32.1. The molecule has 0 fully saturated rings. The van der Waals surface area contributed by atoms with Gasteiger partial charge >= 0.3 is 0 Å². The topological polar surface area (TPSA) is 113 Å². The molecule has 0 saturated carbocycles. The van der Waals surface area contributed by atoms with Gasteiger partial charge in [-0.25, -0.2) is 9.97 Å². The van der Waals surface area contributed by atoms with Crippen LogP contribution in [0.3, 0.4) is 0 Å². The molecule has 0 aliphatic rings. The molecular weight excluding hydrogens is 434 g/mol. The fraction of sp³-hybridized carbons (Fsp3) is 0.0833. The van der Waals surface area contributed by atoms with E-state index in [1.54, 1.807) is 19.3 Å². The number of aryl methyl sites for hydroxylation is 1. The number of nitrogens with zero attached hydrogens (tertiary/aromatic N) is 5. The second-order valence-corrected chi connectivity index (χ2v) is 8.80. The number of nitrogens with one attached hydrogen (secondary N) is 2. The zero-order chi connectivity index (χ0) is 22.5. The summed E-state index contributed by atoms with van der Waals surface area (Å²) in [5.74, 6) is 0.635. The first-order chi connectivity index (χ1) is 16.1. The fourth-order valence-electron chi connectivity index (χ4n) is 3.83. The summed E-state index contributed by atoms with van der Waals surface area (Å²) in [5, 5.41) is 7.54. The maximum atomic E-state index is 11.7. The minimum absolute atomic E-state index is 0.0369. The lowest BCUT2D eigenvalue weighted by atomic mass is 10.1. The molecule has 0 aliphatic heterocycles. The average molecular weight is 452 g/mol. The SMILES string of the molecule is CC(=O)c1ccc(-c2nccc3[nH]c(-c4n[nH]c5ccc(-c6cnccc6C)nc45)nc23)s1. The standard InChI is InChI=1S/C24H17N7OS/c1-12-7-9-25-11-14(12)15-3-4-17-21(27-15)23(31-30-17)24-28-16-8-10-26-22(20(16)29-24)19-6-5-18(33-19)13(2)32/h3-11H,1-2H3,(H,28,29)(H,30,31). The Balaban J connectivity index is 1.49. The van der Waals surface area contributed by atoms with Crippen LogP contribution in [0.4, 0.5) is 0 Å². The van der Waals surface area contributed by atoms with E-state index >= 15 is 0 Å². The molecule has 33 heavy (non-hydrogen) atoms. The van der Waals surface area contributed by atoms with Crippen LogP contribution >= 0.6 is 11.3 Å². The average Bonchev–Trinajstić information content (AvgIpc) is 3.56. The number of H-pyrrole nitrogens is 2. The molecule has 0 unspecified atom stereocenters. The van der Waals surface area contributed by atoms with Crippen molar-refractivity contribution in [3.05, 3.63) is 65.4 Å². The highest BCUT2D eigenvalue weighted by molar-refractivity contribution is 7.17. The van der Waals surface area contributed by atoms with E-state index < -0.39 is 0 Å². The predicted octanol–water partition coefficient (Wildman–Crippen LogP) is 5.20. The number of Topliss-reactive ketones (excluding diaryl/α,β-unsaturated/α-hetero) is 1. The van der Waals surface area contributed by atoms with Gasteiger partial charge in [-0.15, -0.1) is 11.3 Å². The first-order valence-electron chi connectivity index (χ1n) is 10.3. The number of hydrogen-bond acceptors (Lipinski definition) is 7. The molecule has 2 N–H and O–H groups in total. The van der Waals surface area contributed by atoms with Crippen molar-refractivity contribution in [2.45, 2.75) is 13.8 Å². The molecule has 0 bridgehead atoms. The van der Waals surface area contributed by atoms with E-state index in [4.69, 9.17) is 9.97 Å². The Morgan fingerprint density at radius 2 is 1.82 bits per heavy atom. The van der Waals surface area contributed by atoms with Crippen LogP contribution in [-0.4, -0.2) is 40.9 Å². The molecule has 8 nitrogen and oxygen atoms in total. The molecule has 0 amide bonds. The lowest BCUT2D eigenvalue weighted by molar-refractivity contribution is 0.102. The Kier molecular flexibility index (Phi) is 4.37. The van der Waals surface area contributed by atoms with Crippen molar-refractivity contribution >= 4 is 39.2 Å². The summed E-state index contributed by atoms with van der Waals surface area (Å²) in [6, 6.07) is 11.5. The van der Waals surface area contributed by atoms with E-state index in [0.717, 1.165) is 49.5 Å². The normalized spacial score (nSPS) is 11.5. The van der Waals surface area contributed by atoms with Crippen LogP contribution in [0.15, 0.2) is 55.0 Å². The molecular formula is C24H17N7OS. The van der Waals surface area contributed by atoms with Gasteiger partial charge < -0.3 is 4.98 Å². The molecule has 0 spiro atoms. The number of carbonyl (C=O) groups is 1. The van der Waals surface area contributed by atoms with Gasteiger partial charge in [0.2, 0.25) is 0 Å². The van der Waals surface area contributed by atoms with Crippen molar-refractivity contribution < 1.29 is 4.79 Å². The van der Waals surface area contributed by atoms with E-state index in [9.17, 15) is 4.79 Å². The van der Waals surface area contributed by atoms with Crippen molar-refractivity contribution in [3.63, 3.8) is 0 Å². The fourth-order valence-corrected chi connectivity index (χ4v) is 4.73. The summed E-state index contributed by atoms with van der Waals surface area (Å²) in [4.78, 5) is 35.1. The number of carbonyl (C=O) groups excluding carboxylic acids is 1. The third-order valence-electron chi connectivity index (χ3n) is 5.53. The molecule has 0 atom stereocenters. The van der Waals surface area contributed by atoms with Crippen molar-refractivity contribution in [1.82, 2.24) is 35.1 Å². The number of imidazole rings is 1. The maximum absolute atomic E-state index is 11.7. The molecule has 0 radical (unpaired) electrons. The van der Waals surface area contributed by atoms with Crippen molar-refractivity contribution in [2.24, 2.45) is 0 Å². The molecule has 0 aliphatic carbocycles. The van der Waals surface area contributed by atoms with Gasteiger partial charge in [-0.2, -0.15) is 5.10 Å². The second kappa shape index (κ2) is 7.42. The Morgan fingerprint density at radius 3 is 2.64 bits per heavy atom. The first-order valence-corrected chi connectivity index (χ1v) is 11.1. The van der Waals surface area contributed by atoms with Gasteiger partial charge in [0.1, 0.15) is 16.7 Å². The smallest absolute Gasteiger partial charge is 0.169 e. The Bertz CT molecular complexity index is 1680. The van der Waals surface area contributed by atoms with Gasteiger partial charge in [0.25, 0.3) is 0 Å². The zero-order valence-corrected chi connectivity index (χ0v) is 18.6. The summed E-state index contributed by atoms with van der Waals surface area (Å²) in [6.45, 7) is 3.60. The summed E-state index contributed by atoms with van der Waals surface area (Å²) in [7, 11) is 0. The van der Waals surface area contributed by atoms with Crippen LogP contribution in [0, 0.1) is 6.92 Å². The minimum Gasteiger partial charge on any atom is -0.336 e. The third-order valence-corrected chi connectivity index (χ3v) is 6.73. The van der Waals surface area contributed by atoms with Gasteiger partial charge in [-0.3, -0.25) is 19.9 Å². The largest absolute Gasteiger partial charge is 0.336 e. The van der Waals surface area contributed by atoms with Crippen LogP contribution in [0.1, 0.15) is 22.2 Å². The Labute approximate surface area is 191 Å². The van der Waals surface area contributed by atoms with Crippen LogP contribution in [0.5, 0.6) is 0 Å². The number of ketones is 1. The Morgan fingerprint density at radius 1 is 0.939 bits per heavy atom. The van der Waals surface area contributed by atoms with E-state index in [1.165, 1.54) is 11.3 Å². The van der Waals surface area contributed by atoms with E-state index in [-0.39, 0.29) is 5.78 Å². The summed E-state index contributed by atoms with van der Waals surface area (Å²) in [6.07, 6.45) is 5.32. The van der Waals surface area contributed by atoms with E-state index in [1.807, 2.05) is 49.5 Å². The molecule has 6 rings (SSSR count). The predicted molar refractivity (Wildman–Crippen MR) is 128 cm³/mol. The van der Waals surface area contributed by atoms with E-state index in [2.05, 4.69) is 25.1 Å². The molecule has 6 aromatic rings. The highest BCUT2D eigenvalue weighted by Crippen LogP contribution is 2.34. The molecule has 160 valence electrons. The molecule has 0 saturated heterocycles. The first kappa shape index (κ1) is 19.4. The highest BCUT2D eigenvalue weighted by Gasteiger charge is 2.18. The van der Waals surface area contributed by atoms with Gasteiger partial charge in [0.15, 0.2) is 17.3 Å². The molecule has 6 heterocycles. The minimum atomic E-state index is 0.0369. The molecule has 6 aromatic heterocycles. The number of rotatable bonds is 4. The van der Waals surface area contributed by atoms with Crippen molar-refractivity contribution in [2.75, 3.05) is 0 Å². The number of pyridine rings is 3. The zero-order valence-electron chi connectivity index (χ0n) is 17.7. The number of hydrogen-bond donors (Lipinski definition) is 2. The number of fused-ring (bicyclic) bond motifs is 2. The van der Waals surface area contributed by atoms with E-state index in [0.29, 0.717) is 16.4 Å². The maximum Gasteiger partial charge on any atom is 0.169 e. The van der Waals surface area contributed by atoms with Crippen LogP contribution in [-0.2, 0) is 0 Å². The van der Waals surface area contributed by atoms with Crippen molar-refractivity contribution in [3.8, 4) is 33.3 Å². The van der Waals surface area contributed by atoms with Gasteiger partial charge in [0.05, 0.1) is 26.5 Å². The number of aromatic nitrogens is 7. The second-order valence-electron chi connectivity index (χ2n) is 7.72. The van der Waals surface area contributed by atoms with Crippen molar-refractivity contribution in [1.29, 1.82) is 0 Å². The lowest BCUT2D eigenvalue weighted by Gasteiger charge is -2.04. The molecule has 0 aromatic carbocycles. The van der Waals surface area contributed by atoms with Gasteiger partial charge in [-0.1, -0.05) is 0 Å². The van der Waals surface area contributed by atoms with Crippen LogP contribution in [0.25, 0.3) is 55.4 Å². The van der Waals surface area contributed by atoms with Gasteiger partial charge in [0, 0.05) is 24.2 Å². The summed E-state index contributed by atoms with van der Waals surface area (Å²) < 4.78 is 0. The Hall–Kier alpha value is -4.24. The monoisotopic (exact) mass is 451 g/mol. The third kappa shape index (κ3) is 3.21.